The van der Waals surface area contributed by atoms with Crippen LogP contribution in [0.4, 0.5) is 16.0 Å². The van der Waals surface area contributed by atoms with Crippen molar-refractivity contribution < 1.29 is 9.53 Å². The predicted octanol–water partition coefficient (Wildman–Crippen LogP) is 4.59. The average Bonchev–Trinajstić information content (AvgIpc) is 3.13. The van der Waals surface area contributed by atoms with Crippen molar-refractivity contribution in [3.63, 3.8) is 0 Å². The van der Waals surface area contributed by atoms with Gasteiger partial charge in [0.25, 0.3) is 0 Å². The van der Waals surface area contributed by atoms with E-state index in [9.17, 15) is 4.79 Å². The third kappa shape index (κ3) is 3.97. The Labute approximate surface area is 153 Å². The molecule has 3 aromatic rings. The highest BCUT2D eigenvalue weighted by Gasteiger charge is 2.14. The fourth-order valence-corrected chi connectivity index (χ4v) is 4.07. The number of hydrogen-bond donors (Lipinski definition) is 2. The molecule has 25 heavy (non-hydrogen) atoms. The normalized spacial score (nSPS) is 10.6. The summed E-state index contributed by atoms with van der Waals surface area (Å²) in [5.41, 5.74) is 3.70. The summed E-state index contributed by atoms with van der Waals surface area (Å²) in [6.45, 7) is 5.41. The van der Waals surface area contributed by atoms with Gasteiger partial charge in [-0.2, -0.15) is 0 Å². The van der Waals surface area contributed by atoms with Gasteiger partial charge >= 0.3 is 0 Å². The molecule has 0 saturated heterocycles. The van der Waals surface area contributed by atoms with Crippen LogP contribution in [0.1, 0.15) is 18.2 Å². The molecular formula is C17H18N4O2S2. The number of ether oxygens (including phenoxy) is 1. The van der Waals surface area contributed by atoms with Crippen molar-refractivity contribution >= 4 is 44.5 Å². The van der Waals surface area contributed by atoms with Crippen LogP contribution in [0.25, 0.3) is 10.6 Å². The van der Waals surface area contributed by atoms with E-state index in [1.54, 1.807) is 7.11 Å². The molecule has 0 radical (unpaired) electrons. The first-order valence-electron chi connectivity index (χ1n) is 7.59. The summed E-state index contributed by atoms with van der Waals surface area (Å²) < 4.78 is 5.39. The molecule has 0 unspecified atom stereocenters. The van der Waals surface area contributed by atoms with Gasteiger partial charge in [-0.25, -0.2) is 9.97 Å². The third-order valence-corrected chi connectivity index (χ3v) is 5.27. The van der Waals surface area contributed by atoms with Crippen LogP contribution in [0.5, 0.6) is 5.75 Å². The van der Waals surface area contributed by atoms with Crippen LogP contribution < -0.4 is 15.4 Å². The lowest BCUT2D eigenvalue weighted by atomic mass is 10.2. The van der Waals surface area contributed by atoms with E-state index in [0.717, 1.165) is 38.4 Å². The second kappa shape index (κ2) is 7.20. The third-order valence-electron chi connectivity index (χ3n) is 3.41. The van der Waals surface area contributed by atoms with Crippen LogP contribution in [0.15, 0.2) is 23.6 Å². The van der Waals surface area contributed by atoms with E-state index in [-0.39, 0.29) is 5.91 Å². The number of rotatable bonds is 5. The van der Waals surface area contributed by atoms with Crippen molar-refractivity contribution in [3.8, 4) is 16.3 Å². The molecule has 6 nitrogen and oxygen atoms in total. The SMILES string of the molecule is COc1ccc(C)cc1Nc1nc(-c2sc(NC(C)=O)nc2C)cs1. The molecule has 130 valence electrons. The first-order valence-corrected chi connectivity index (χ1v) is 9.28. The lowest BCUT2D eigenvalue weighted by Crippen LogP contribution is -2.04. The minimum atomic E-state index is -0.132. The van der Waals surface area contributed by atoms with Gasteiger partial charge in [0, 0.05) is 12.3 Å². The molecular weight excluding hydrogens is 356 g/mol. The molecule has 2 N–H and O–H groups in total. The summed E-state index contributed by atoms with van der Waals surface area (Å²) in [6, 6.07) is 5.95. The molecule has 0 aliphatic rings. The number of hydrogen-bond acceptors (Lipinski definition) is 7. The van der Waals surface area contributed by atoms with Gasteiger partial charge in [-0.3, -0.25) is 4.79 Å². The molecule has 0 fully saturated rings. The number of methoxy groups -OCH3 is 1. The van der Waals surface area contributed by atoms with E-state index in [1.165, 1.54) is 29.6 Å². The van der Waals surface area contributed by atoms with E-state index < -0.39 is 0 Å². The Kier molecular flexibility index (Phi) is 5.00. The maximum Gasteiger partial charge on any atom is 0.223 e. The Morgan fingerprint density at radius 1 is 1.20 bits per heavy atom. The van der Waals surface area contributed by atoms with Crippen molar-refractivity contribution in [2.75, 3.05) is 17.7 Å². The van der Waals surface area contributed by atoms with Gasteiger partial charge < -0.3 is 15.4 Å². The average molecular weight is 374 g/mol. The van der Waals surface area contributed by atoms with Gasteiger partial charge in [0.1, 0.15) is 5.75 Å². The van der Waals surface area contributed by atoms with Crippen LogP contribution >= 0.6 is 22.7 Å². The molecule has 1 amide bonds. The van der Waals surface area contributed by atoms with Gasteiger partial charge in [-0.05, 0) is 31.5 Å². The van der Waals surface area contributed by atoms with E-state index in [2.05, 4.69) is 20.6 Å². The monoisotopic (exact) mass is 374 g/mol. The Balaban J connectivity index is 1.85. The van der Waals surface area contributed by atoms with Crippen LogP contribution in [0.3, 0.4) is 0 Å². The summed E-state index contributed by atoms with van der Waals surface area (Å²) in [4.78, 5) is 21.1. The van der Waals surface area contributed by atoms with E-state index in [0.29, 0.717) is 5.13 Å². The molecule has 0 saturated carbocycles. The molecule has 0 bridgehead atoms. The highest BCUT2D eigenvalue weighted by molar-refractivity contribution is 7.20. The summed E-state index contributed by atoms with van der Waals surface area (Å²) in [6.07, 6.45) is 0. The van der Waals surface area contributed by atoms with Gasteiger partial charge in [0.15, 0.2) is 10.3 Å². The topological polar surface area (TPSA) is 76.1 Å². The Hall–Kier alpha value is -2.45. The lowest BCUT2D eigenvalue weighted by molar-refractivity contribution is -0.114. The number of benzene rings is 1. The van der Waals surface area contributed by atoms with Crippen LogP contribution in [-0.2, 0) is 4.79 Å². The van der Waals surface area contributed by atoms with E-state index in [4.69, 9.17) is 4.74 Å². The first-order chi connectivity index (χ1) is 12.0. The predicted molar refractivity (Wildman–Crippen MR) is 103 cm³/mol. The number of carbonyl (C=O) groups excluding carboxylic acids is 1. The van der Waals surface area contributed by atoms with E-state index >= 15 is 0 Å². The number of nitrogens with zero attached hydrogens (tertiary/aromatic N) is 2. The molecule has 2 aromatic heterocycles. The smallest absolute Gasteiger partial charge is 0.223 e. The number of anilines is 3. The van der Waals surface area contributed by atoms with E-state index in [1.807, 2.05) is 37.4 Å². The maximum atomic E-state index is 11.2. The molecule has 2 heterocycles. The quantitative estimate of drug-likeness (QED) is 0.683. The van der Waals surface area contributed by atoms with Gasteiger partial charge in [0.05, 0.1) is 29.1 Å². The number of thiazole rings is 2. The van der Waals surface area contributed by atoms with Crippen molar-refractivity contribution in [1.82, 2.24) is 9.97 Å². The molecule has 1 aromatic carbocycles. The Morgan fingerprint density at radius 3 is 2.72 bits per heavy atom. The van der Waals surface area contributed by atoms with Crippen LogP contribution in [-0.4, -0.2) is 23.0 Å². The highest BCUT2D eigenvalue weighted by Crippen LogP contribution is 2.36. The largest absolute Gasteiger partial charge is 0.495 e. The summed E-state index contributed by atoms with van der Waals surface area (Å²) in [5.74, 6) is 0.636. The standard InChI is InChI=1S/C17H18N4O2S2/c1-9-5-6-14(23-4)12(7-9)20-16-21-13(8-24-16)15-10(2)18-17(25-15)19-11(3)22/h5-8H,1-4H3,(H,20,21)(H,18,19,22). The number of nitrogens with one attached hydrogen (secondary N) is 2. The summed E-state index contributed by atoms with van der Waals surface area (Å²) >= 11 is 2.93. The second-order valence-corrected chi connectivity index (χ2v) is 7.34. The van der Waals surface area contributed by atoms with Crippen molar-refractivity contribution in [2.24, 2.45) is 0 Å². The van der Waals surface area contributed by atoms with Gasteiger partial charge in [0.2, 0.25) is 5.91 Å². The molecule has 0 atom stereocenters. The number of aryl methyl sites for hydroxylation is 2. The second-order valence-electron chi connectivity index (χ2n) is 5.48. The van der Waals surface area contributed by atoms with Crippen molar-refractivity contribution in [1.29, 1.82) is 0 Å². The van der Waals surface area contributed by atoms with Gasteiger partial charge in [-0.15, -0.1) is 11.3 Å². The fourth-order valence-electron chi connectivity index (χ4n) is 2.31. The molecule has 8 heteroatoms. The number of aromatic nitrogens is 2. The lowest BCUT2D eigenvalue weighted by Gasteiger charge is -2.09. The maximum absolute atomic E-state index is 11.2. The Bertz CT molecular complexity index is 917. The van der Waals surface area contributed by atoms with Crippen molar-refractivity contribution in [3.05, 3.63) is 34.8 Å². The minimum absolute atomic E-state index is 0.132. The van der Waals surface area contributed by atoms with Gasteiger partial charge in [-0.1, -0.05) is 17.4 Å². The highest BCUT2D eigenvalue weighted by atomic mass is 32.1. The number of carbonyl (C=O) groups is 1. The van der Waals surface area contributed by atoms with Crippen molar-refractivity contribution in [2.45, 2.75) is 20.8 Å². The molecule has 0 aliphatic heterocycles. The zero-order chi connectivity index (χ0) is 18.0. The molecule has 3 rings (SSSR count). The number of amides is 1. The molecule has 0 aliphatic carbocycles. The molecule has 0 spiro atoms. The summed E-state index contributed by atoms with van der Waals surface area (Å²) in [5, 5.41) is 9.36. The zero-order valence-electron chi connectivity index (χ0n) is 14.3. The van der Waals surface area contributed by atoms with Crippen LogP contribution in [0.2, 0.25) is 0 Å². The summed E-state index contributed by atoms with van der Waals surface area (Å²) in [7, 11) is 1.65. The Morgan fingerprint density at radius 2 is 2.00 bits per heavy atom. The fraction of sp³-hybridized carbons (Fsp3) is 0.235. The van der Waals surface area contributed by atoms with Crippen LogP contribution in [0, 0.1) is 13.8 Å². The minimum Gasteiger partial charge on any atom is -0.495 e. The zero-order valence-corrected chi connectivity index (χ0v) is 16.0. The first kappa shape index (κ1) is 17.4.